The first kappa shape index (κ1) is 16.0. The number of carbonyl (C=O) groups excluding carboxylic acids is 1. The highest BCUT2D eigenvalue weighted by Crippen LogP contribution is 2.34. The molecular formula is C18H20O4. The molecule has 4 heteroatoms. The van der Waals surface area contributed by atoms with E-state index in [4.69, 9.17) is 4.74 Å². The molecule has 2 rings (SSSR count). The van der Waals surface area contributed by atoms with E-state index in [2.05, 4.69) is 0 Å². The molecule has 2 aromatic carbocycles. The Kier molecular flexibility index (Phi) is 5.17. The van der Waals surface area contributed by atoms with Crippen molar-refractivity contribution in [3.8, 4) is 11.5 Å². The van der Waals surface area contributed by atoms with Gasteiger partial charge in [0.15, 0.2) is 5.78 Å². The van der Waals surface area contributed by atoms with Gasteiger partial charge in [-0.3, -0.25) is 4.79 Å². The van der Waals surface area contributed by atoms with Crippen LogP contribution >= 0.6 is 0 Å². The third-order valence-corrected chi connectivity index (χ3v) is 3.68. The smallest absolute Gasteiger partial charge is 0.197 e. The fraction of sp³-hybridized carbons (Fsp3) is 0.278. The number of aromatic hydroxyl groups is 2. The van der Waals surface area contributed by atoms with E-state index in [-0.39, 0.29) is 22.8 Å². The van der Waals surface area contributed by atoms with Crippen LogP contribution in [0.1, 0.15) is 34.0 Å². The predicted octanol–water partition coefficient (Wildman–Crippen LogP) is 3.08. The van der Waals surface area contributed by atoms with E-state index in [1.54, 1.807) is 31.4 Å². The van der Waals surface area contributed by atoms with Crippen LogP contribution in [0.4, 0.5) is 0 Å². The number of phenolic OH excluding ortho intramolecular Hbond substituents is 2. The third kappa shape index (κ3) is 3.12. The summed E-state index contributed by atoms with van der Waals surface area (Å²) in [5, 5.41) is 20.2. The van der Waals surface area contributed by atoms with E-state index in [0.717, 1.165) is 0 Å². The first-order valence-electron chi connectivity index (χ1n) is 7.25. The van der Waals surface area contributed by atoms with Gasteiger partial charge in [-0.2, -0.15) is 0 Å². The van der Waals surface area contributed by atoms with Crippen molar-refractivity contribution in [3.63, 3.8) is 0 Å². The maximum atomic E-state index is 12.7. The minimum absolute atomic E-state index is 0.00992. The monoisotopic (exact) mass is 300 g/mol. The lowest BCUT2D eigenvalue weighted by Crippen LogP contribution is -2.11. The van der Waals surface area contributed by atoms with Crippen molar-refractivity contribution < 1.29 is 19.7 Å². The van der Waals surface area contributed by atoms with Gasteiger partial charge in [-0.05, 0) is 24.0 Å². The molecule has 0 saturated carbocycles. The lowest BCUT2D eigenvalue weighted by molar-refractivity contribution is 0.103. The zero-order valence-corrected chi connectivity index (χ0v) is 12.8. The van der Waals surface area contributed by atoms with Gasteiger partial charge in [-0.1, -0.05) is 37.3 Å². The van der Waals surface area contributed by atoms with Crippen LogP contribution < -0.4 is 0 Å². The minimum Gasteiger partial charge on any atom is -0.508 e. The average Bonchev–Trinajstić information content (AvgIpc) is 2.53. The summed E-state index contributed by atoms with van der Waals surface area (Å²) in [6.45, 7) is 2.31. The normalized spacial score (nSPS) is 10.6. The molecule has 0 radical (unpaired) electrons. The first-order chi connectivity index (χ1) is 10.6. The van der Waals surface area contributed by atoms with Crippen LogP contribution in [0.2, 0.25) is 0 Å². The van der Waals surface area contributed by atoms with Gasteiger partial charge in [0.1, 0.15) is 11.5 Å². The van der Waals surface area contributed by atoms with Crippen LogP contribution in [0.5, 0.6) is 11.5 Å². The first-order valence-corrected chi connectivity index (χ1v) is 7.25. The molecule has 0 spiro atoms. The van der Waals surface area contributed by atoms with Crippen LogP contribution in [0.15, 0.2) is 36.4 Å². The highest BCUT2D eigenvalue weighted by Gasteiger charge is 2.22. The number of hydrogen-bond donors (Lipinski definition) is 2. The molecule has 0 fully saturated rings. The molecule has 0 aliphatic carbocycles. The lowest BCUT2D eigenvalue weighted by Gasteiger charge is -2.16. The van der Waals surface area contributed by atoms with Crippen molar-refractivity contribution in [2.24, 2.45) is 0 Å². The van der Waals surface area contributed by atoms with Crippen LogP contribution in [0.3, 0.4) is 0 Å². The van der Waals surface area contributed by atoms with Crippen molar-refractivity contribution in [1.29, 1.82) is 0 Å². The van der Waals surface area contributed by atoms with Gasteiger partial charge in [0.25, 0.3) is 0 Å². The van der Waals surface area contributed by atoms with Crippen molar-refractivity contribution in [3.05, 3.63) is 58.7 Å². The number of methoxy groups -OCH3 is 1. The predicted molar refractivity (Wildman–Crippen MR) is 84.6 cm³/mol. The lowest BCUT2D eigenvalue weighted by atomic mass is 9.90. The van der Waals surface area contributed by atoms with Gasteiger partial charge in [0.05, 0.1) is 12.2 Å². The van der Waals surface area contributed by atoms with E-state index < -0.39 is 0 Å². The molecule has 2 N–H and O–H groups in total. The Morgan fingerprint density at radius 2 is 1.77 bits per heavy atom. The Morgan fingerprint density at radius 1 is 1.09 bits per heavy atom. The van der Waals surface area contributed by atoms with Gasteiger partial charge < -0.3 is 14.9 Å². The number of ether oxygens (including phenoxy) is 1. The van der Waals surface area contributed by atoms with E-state index in [1.165, 1.54) is 6.07 Å². The molecule has 0 unspecified atom stereocenters. The van der Waals surface area contributed by atoms with E-state index in [1.807, 2.05) is 13.0 Å². The van der Waals surface area contributed by atoms with Crippen molar-refractivity contribution in [2.45, 2.75) is 19.8 Å². The fourth-order valence-corrected chi connectivity index (χ4v) is 2.61. The minimum atomic E-state index is -0.251. The maximum Gasteiger partial charge on any atom is 0.197 e. The van der Waals surface area contributed by atoms with Crippen molar-refractivity contribution in [2.75, 3.05) is 13.7 Å². The Balaban J connectivity index is 2.60. The number of ketones is 1. The second-order valence-corrected chi connectivity index (χ2v) is 5.04. The van der Waals surface area contributed by atoms with Gasteiger partial charge >= 0.3 is 0 Å². The second-order valence-electron chi connectivity index (χ2n) is 5.04. The molecule has 0 amide bonds. The molecule has 0 aromatic heterocycles. The van der Waals surface area contributed by atoms with Crippen molar-refractivity contribution in [1.82, 2.24) is 0 Å². The molecule has 0 aliphatic rings. The second kappa shape index (κ2) is 7.09. The molecular weight excluding hydrogens is 280 g/mol. The SMILES string of the molecule is CCc1c(O)cc(O)c(C(=O)c2ccccc2)c1CCOC. The highest BCUT2D eigenvalue weighted by molar-refractivity contribution is 6.12. The van der Waals surface area contributed by atoms with Gasteiger partial charge in [0, 0.05) is 18.7 Å². The Bertz CT molecular complexity index is 663. The van der Waals surface area contributed by atoms with Crippen LogP contribution in [0.25, 0.3) is 0 Å². The van der Waals surface area contributed by atoms with E-state index >= 15 is 0 Å². The van der Waals surface area contributed by atoms with E-state index in [9.17, 15) is 15.0 Å². The fourth-order valence-electron chi connectivity index (χ4n) is 2.61. The zero-order valence-electron chi connectivity index (χ0n) is 12.8. The molecule has 0 saturated heterocycles. The van der Waals surface area contributed by atoms with Crippen LogP contribution in [0, 0.1) is 0 Å². The zero-order chi connectivity index (χ0) is 16.1. The van der Waals surface area contributed by atoms with Gasteiger partial charge in [-0.15, -0.1) is 0 Å². The number of rotatable bonds is 6. The standard InChI is InChI=1S/C18H20O4/c1-3-13-14(9-10-22-2)17(16(20)11-15(13)19)18(21)12-7-5-4-6-8-12/h4-8,11,19-20H,3,9-10H2,1-2H3. The topological polar surface area (TPSA) is 66.8 Å². The summed E-state index contributed by atoms with van der Waals surface area (Å²) in [4.78, 5) is 12.7. The molecule has 2 aromatic rings. The Labute approximate surface area is 130 Å². The Morgan fingerprint density at radius 3 is 2.36 bits per heavy atom. The van der Waals surface area contributed by atoms with Crippen molar-refractivity contribution >= 4 is 5.78 Å². The molecule has 22 heavy (non-hydrogen) atoms. The maximum absolute atomic E-state index is 12.7. The summed E-state index contributed by atoms with van der Waals surface area (Å²) in [7, 11) is 1.58. The number of phenols is 2. The number of benzene rings is 2. The molecule has 116 valence electrons. The largest absolute Gasteiger partial charge is 0.508 e. The molecule has 0 heterocycles. The summed E-state index contributed by atoms with van der Waals surface area (Å²) in [5.41, 5.74) is 2.08. The summed E-state index contributed by atoms with van der Waals surface area (Å²) in [6.07, 6.45) is 1.02. The summed E-state index contributed by atoms with van der Waals surface area (Å²) < 4.78 is 5.09. The van der Waals surface area contributed by atoms with Crippen LogP contribution in [-0.2, 0) is 17.6 Å². The summed E-state index contributed by atoms with van der Waals surface area (Å²) in [5.74, 6) is -0.440. The Hall–Kier alpha value is -2.33. The summed E-state index contributed by atoms with van der Waals surface area (Å²) in [6, 6.07) is 10.0. The quantitative estimate of drug-likeness (QED) is 0.805. The molecule has 4 nitrogen and oxygen atoms in total. The van der Waals surface area contributed by atoms with Gasteiger partial charge in [0.2, 0.25) is 0 Å². The number of carbonyl (C=O) groups is 1. The summed E-state index contributed by atoms with van der Waals surface area (Å²) >= 11 is 0. The van der Waals surface area contributed by atoms with E-state index in [0.29, 0.717) is 36.1 Å². The third-order valence-electron chi connectivity index (χ3n) is 3.68. The average molecular weight is 300 g/mol. The molecule has 0 aliphatic heterocycles. The van der Waals surface area contributed by atoms with Gasteiger partial charge in [-0.25, -0.2) is 0 Å². The highest BCUT2D eigenvalue weighted by atomic mass is 16.5. The molecule has 0 atom stereocenters. The molecule has 0 bridgehead atoms. The van der Waals surface area contributed by atoms with Crippen LogP contribution in [-0.4, -0.2) is 29.7 Å². The number of hydrogen-bond acceptors (Lipinski definition) is 4.